The van der Waals surface area contributed by atoms with Crippen LogP contribution in [0.15, 0.2) is 18.2 Å². The van der Waals surface area contributed by atoms with Gasteiger partial charge in [0.25, 0.3) is 5.91 Å². The fourth-order valence-corrected chi connectivity index (χ4v) is 2.44. The second kappa shape index (κ2) is 7.22. The quantitative estimate of drug-likeness (QED) is 0.902. The molecule has 0 aliphatic heterocycles. The zero-order valence-electron chi connectivity index (χ0n) is 11.3. The standard InChI is InChI=1S/C15H19F2NO2/c16-12-6-7-14(13(17)8-12)20-10-15(19)18-9-11-4-2-1-3-5-11/h6-8,11H,1-5,9-10H2,(H,18,19). The number of ether oxygens (including phenoxy) is 1. The van der Waals surface area contributed by atoms with E-state index in [0.29, 0.717) is 12.5 Å². The zero-order valence-corrected chi connectivity index (χ0v) is 11.3. The molecule has 1 aromatic carbocycles. The van der Waals surface area contributed by atoms with Crippen LogP contribution in [0, 0.1) is 17.6 Å². The summed E-state index contributed by atoms with van der Waals surface area (Å²) in [6.07, 6.45) is 6.01. The Hall–Kier alpha value is -1.65. The zero-order chi connectivity index (χ0) is 14.4. The summed E-state index contributed by atoms with van der Waals surface area (Å²) in [4.78, 5) is 11.6. The van der Waals surface area contributed by atoms with Gasteiger partial charge in [-0.05, 0) is 30.9 Å². The number of nitrogens with one attached hydrogen (secondary N) is 1. The van der Waals surface area contributed by atoms with Crippen LogP contribution < -0.4 is 10.1 Å². The lowest BCUT2D eigenvalue weighted by Gasteiger charge is -2.21. The van der Waals surface area contributed by atoms with Crippen LogP contribution in [-0.4, -0.2) is 19.1 Å². The lowest BCUT2D eigenvalue weighted by atomic mass is 9.89. The molecule has 20 heavy (non-hydrogen) atoms. The molecule has 0 unspecified atom stereocenters. The van der Waals surface area contributed by atoms with Gasteiger partial charge in [0.05, 0.1) is 0 Å². The molecule has 0 atom stereocenters. The fraction of sp³-hybridized carbons (Fsp3) is 0.533. The Balaban J connectivity index is 1.71. The summed E-state index contributed by atoms with van der Waals surface area (Å²) in [5, 5.41) is 2.79. The van der Waals surface area contributed by atoms with E-state index in [1.54, 1.807) is 0 Å². The molecule has 1 saturated carbocycles. The number of halogens is 2. The Morgan fingerprint density at radius 3 is 2.70 bits per heavy atom. The number of amides is 1. The van der Waals surface area contributed by atoms with E-state index < -0.39 is 11.6 Å². The van der Waals surface area contributed by atoms with Crippen molar-refractivity contribution < 1.29 is 18.3 Å². The molecule has 110 valence electrons. The van der Waals surface area contributed by atoms with Gasteiger partial charge in [0, 0.05) is 12.6 Å². The van der Waals surface area contributed by atoms with Gasteiger partial charge in [-0.25, -0.2) is 8.78 Å². The van der Waals surface area contributed by atoms with Crippen LogP contribution in [0.3, 0.4) is 0 Å². The highest BCUT2D eigenvalue weighted by molar-refractivity contribution is 5.77. The van der Waals surface area contributed by atoms with E-state index in [1.807, 2.05) is 0 Å². The molecule has 1 amide bonds. The van der Waals surface area contributed by atoms with Gasteiger partial charge in [0.2, 0.25) is 0 Å². The smallest absolute Gasteiger partial charge is 0.257 e. The van der Waals surface area contributed by atoms with Crippen LogP contribution in [0.5, 0.6) is 5.75 Å². The Morgan fingerprint density at radius 2 is 2.00 bits per heavy atom. The minimum Gasteiger partial charge on any atom is -0.481 e. The van der Waals surface area contributed by atoms with Crippen molar-refractivity contribution in [3.05, 3.63) is 29.8 Å². The van der Waals surface area contributed by atoms with Crippen LogP contribution >= 0.6 is 0 Å². The van der Waals surface area contributed by atoms with Crippen LogP contribution in [0.2, 0.25) is 0 Å². The minimum atomic E-state index is -0.801. The number of hydrogen-bond acceptors (Lipinski definition) is 2. The first-order valence-corrected chi connectivity index (χ1v) is 6.99. The highest BCUT2D eigenvalue weighted by Gasteiger charge is 2.14. The molecule has 0 aromatic heterocycles. The van der Waals surface area contributed by atoms with Gasteiger partial charge in [-0.3, -0.25) is 4.79 Å². The molecule has 1 aliphatic rings. The molecule has 0 saturated heterocycles. The molecular formula is C15H19F2NO2. The summed E-state index contributed by atoms with van der Waals surface area (Å²) >= 11 is 0. The number of rotatable bonds is 5. The first-order valence-electron chi connectivity index (χ1n) is 6.99. The van der Waals surface area contributed by atoms with Crippen molar-refractivity contribution in [2.75, 3.05) is 13.2 Å². The topological polar surface area (TPSA) is 38.3 Å². The predicted octanol–water partition coefficient (Wildman–Crippen LogP) is 3.04. The van der Waals surface area contributed by atoms with Gasteiger partial charge in [-0.2, -0.15) is 0 Å². The molecule has 1 aliphatic carbocycles. The van der Waals surface area contributed by atoms with E-state index in [2.05, 4.69) is 5.32 Å². The first-order chi connectivity index (χ1) is 9.65. The maximum atomic E-state index is 13.3. The lowest BCUT2D eigenvalue weighted by molar-refractivity contribution is -0.123. The normalized spacial score (nSPS) is 15.9. The molecule has 3 nitrogen and oxygen atoms in total. The summed E-state index contributed by atoms with van der Waals surface area (Å²) in [5.74, 6) is -1.32. The number of carbonyl (C=O) groups excluding carboxylic acids is 1. The number of hydrogen-bond donors (Lipinski definition) is 1. The molecule has 1 N–H and O–H groups in total. The molecule has 2 rings (SSSR count). The van der Waals surface area contributed by atoms with Gasteiger partial charge < -0.3 is 10.1 Å². The van der Waals surface area contributed by atoms with Crippen molar-refractivity contribution in [1.29, 1.82) is 0 Å². The van der Waals surface area contributed by atoms with Gasteiger partial charge in [0.1, 0.15) is 5.82 Å². The van der Waals surface area contributed by atoms with E-state index >= 15 is 0 Å². The summed E-state index contributed by atoms with van der Waals surface area (Å²) in [7, 11) is 0. The van der Waals surface area contributed by atoms with Crippen molar-refractivity contribution in [3.8, 4) is 5.75 Å². The average Bonchev–Trinajstić information content (AvgIpc) is 2.45. The van der Waals surface area contributed by atoms with E-state index in [-0.39, 0.29) is 18.3 Å². The van der Waals surface area contributed by atoms with Gasteiger partial charge in [0.15, 0.2) is 18.2 Å². The van der Waals surface area contributed by atoms with Gasteiger partial charge in [-0.15, -0.1) is 0 Å². The Morgan fingerprint density at radius 1 is 1.25 bits per heavy atom. The predicted molar refractivity (Wildman–Crippen MR) is 71.4 cm³/mol. The fourth-order valence-electron chi connectivity index (χ4n) is 2.44. The summed E-state index contributed by atoms with van der Waals surface area (Å²) in [6, 6.07) is 3.01. The maximum absolute atomic E-state index is 13.3. The second-order valence-corrected chi connectivity index (χ2v) is 5.17. The molecule has 1 aromatic rings. The molecular weight excluding hydrogens is 264 g/mol. The van der Waals surface area contributed by atoms with Crippen molar-refractivity contribution in [1.82, 2.24) is 5.32 Å². The maximum Gasteiger partial charge on any atom is 0.257 e. The van der Waals surface area contributed by atoms with Crippen LogP contribution in [-0.2, 0) is 4.79 Å². The van der Waals surface area contributed by atoms with Crippen LogP contribution in [0.4, 0.5) is 8.78 Å². The van der Waals surface area contributed by atoms with E-state index in [4.69, 9.17) is 4.74 Å². The lowest BCUT2D eigenvalue weighted by Crippen LogP contribution is -2.33. The van der Waals surface area contributed by atoms with Crippen molar-refractivity contribution >= 4 is 5.91 Å². The largest absolute Gasteiger partial charge is 0.481 e. The third-order valence-corrected chi connectivity index (χ3v) is 3.57. The van der Waals surface area contributed by atoms with Crippen molar-refractivity contribution in [3.63, 3.8) is 0 Å². The molecule has 5 heteroatoms. The molecule has 0 heterocycles. The van der Waals surface area contributed by atoms with Gasteiger partial charge >= 0.3 is 0 Å². The monoisotopic (exact) mass is 283 g/mol. The number of carbonyl (C=O) groups is 1. The van der Waals surface area contributed by atoms with Crippen molar-refractivity contribution in [2.24, 2.45) is 5.92 Å². The third-order valence-electron chi connectivity index (χ3n) is 3.57. The molecule has 1 fully saturated rings. The average molecular weight is 283 g/mol. The van der Waals surface area contributed by atoms with Gasteiger partial charge in [-0.1, -0.05) is 19.3 Å². The summed E-state index contributed by atoms with van der Waals surface area (Å²) in [5.41, 5.74) is 0. The first kappa shape index (κ1) is 14.8. The molecule has 0 radical (unpaired) electrons. The van der Waals surface area contributed by atoms with E-state index in [9.17, 15) is 13.6 Å². The Kier molecular flexibility index (Phi) is 5.32. The van der Waals surface area contributed by atoms with Crippen LogP contribution in [0.25, 0.3) is 0 Å². The third kappa shape index (κ3) is 4.47. The number of benzene rings is 1. The summed E-state index contributed by atoms with van der Waals surface area (Å²) < 4.78 is 31.0. The van der Waals surface area contributed by atoms with E-state index in [1.165, 1.54) is 25.3 Å². The van der Waals surface area contributed by atoms with Crippen LogP contribution in [0.1, 0.15) is 32.1 Å². The highest BCUT2D eigenvalue weighted by atomic mass is 19.1. The molecule has 0 bridgehead atoms. The SMILES string of the molecule is O=C(COc1ccc(F)cc1F)NCC1CCCCC1. The summed E-state index contributed by atoms with van der Waals surface area (Å²) in [6.45, 7) is 0.392. The van der Waals surface area contributed by atoms with E-state index in [0.717, 1.165) is 25.0 Å². The Bertz CT molecular complexity index is 459. The minimum absolute atomic E-state index is 0.112. The molecule has 0 spiro atoms. The van der Waals surface area contributed by atoms with Crippen molar-refractivity contribution in [2.45, 2.75) is 32.1 Å². The Labute approximate surface area is 117 Å². The second-order valence-electron chi connectivity index (χ2n) is 5.17. The highest BCUT2D eigenvalue weighted by Crippen LogP contribution is 2.22.